The van der Waals surface area contributed by atoms with Crippen molar-refractivity contribution in [2.45, 2.75) is 61.0 Å². The molecule has 188 valence electrons. The smallest absolute Gasteiger partial charge is 0.403 e. The number of nitrogens with one attached hydrogen (secondary N) is 1. The van der Waals surface area contributed by atoms with Crippen LogP contribution in [0, 0.1) is 5.82 Å². The summed E-state index contributed by atoms with van der Waals surface area (Å²) in [7, 11) is -4.14. The highest BCUT2D eigenvalue weighted by Crippen LogP contribution is 2.33. The Hall–Kier alpha value is -2.84. The number of alkyl halides is 6. The fourth-order valence-corrected chi connectivity index (χ4v) is 5.46. The van der Waals surface area contributed by atoms with Crippen molar-refractivity contribution in [1.29, 1.82) is 0 Å². The van der Waals surface area contributed by atoms with E-state index in [9.17, 15) is 43.9 Å². The first-order valence-electron chi connectivity index (χ1n) is 9.84. The molecule has 3 rings (SSSR count). The molecule has 0 bridgehead atoms. The molecular weight excluding hydrogens is 499 g/mol. The van der Waals surface area contributed by atoms with Gasteiger partial charge in [0.2, 0.25) is 0 Å². The first-order chi connectivity index (χ1) is 15.7. The van der Waals surface area contributed by atoms with Gasteiger partial charge in [0.05, 0.1) is 10.1 Å². The van der Waals surface area contributed by atoms with Gasteiger partial charge in [0.15, 0.2) is 21.4 Å². The number of hydrogen-bond acceptors (Lipinski definition) is 5. The molecule has 2 aromatic rings. The van der Waals surface area contributed by atoms with Crippen LogP contribution in [-0.2, 0) is 16.4 Å². The van der Waals surface area contributed by atoms with Crippen LogP contribution in [-0.4, -0.2) is 47.9 Å². The van der Waals surface area contributed by atoms with Crippen molar-refractivity contribution in [3.05, 3.63) is 42.0 Å². The molecule has 0 atom stereocenters. The van der Waals surface area contributed by atoms with Crippen LogP contribution in [0.4, 0.5) is 30.7 Å². The number of aromatic nitrogens is 2. The van der Waals surface area contributed by atoms with E-state index in [4.69, 9.17) is 0 Å². The molecule has 1 N–H and O–H groups in total. The lowest BCUT2D eigenvalue weighted by Gasteiger charge is -2.29. The summed E-state index contributed by atoms with van der Waals surface area (Å²) < 4.78 is 118. The van der Waals surface area contributed by atoms with E-state index in [1.54, 1.807) is 0 Å². The van der Waals surface area contributed by atoms with Gasteiger partial charge in [0.25, 0.3) is 5.91 Å². The van der Waals surface area contributed by atoms with Gasteiger partial charge in [0, 0.05) is 18.3 Å². The number of carbonyl (C=O) groups excluding carboxylic acids is 1. The highest BCUT2D eigenvalue weighted by atomic mass is 32.2. The van der Waals surface area contributed by atoms with Crippen LogP contribution in [0.1, 0.15) is 36.2 Å². The van der Waals surface area contributed by atoms with Crippen molar-refractivity contribution in [2.24, 2.45) is 0 Å². The predicted octanol–water partition coefficient (Wildman–Crippen LogP) is 4.00. The normalized spacial score (nSPS) is 19.6. The van der Waals surface area contributed by atoms with Crippen molar-refractivity contribution in [1.82, 2.24) is 15.1 Å². The molecule has 1 saturated carbocycles. The molecule has 1 aliphatic carbocycles. The van der Waals surface area contributed by atoms with Crippen molar-refractivity contribution in [3.63, 3.8) is 0 Å². The van der Waals surface area contributed by atoms with Gasteiger partial charge in [-0.2, -0.15) is 18.3 Å². The zero-order valence-corrected chi connectivity index (χ0v) is 18.0. The minimum absolute atomic E-state index is 0.0158. The van der Waals surface area contributed by atoms with Gasteiger partial charge in [-0.05, 0) is 43.9 Å². The topological polar surface area (TPSA) is 90.3 Å². The lowest BCUT2D eigenvalue weighted by molar-refractivity contribution is -0.275. The largest absolute Gasteiger partial charge is 0.573 e. The summed E-state index contributed by atoms with van der Waals surface area (Å²) in [4.78, 5) is 11.8. The Labute approximate surface area is 188 Å². The number of amides is 1. The van der Waals surface area contributed by atoms with Crippen LogP contribution in [0.15, 0.2) is 35.4 Å². The maximum atomic E-state index is 13.6. The average molecular weight is 517 g/mol. The predicted molar refractivity (Wildman–Crippen MR) is 102 cm³/mol. The zero-order valence-electron chi connectivity index (χ0n) is 17.2. The van der Waals surface area contributed by atoms with Gasteiger partial charge in [-0.1, -0.05) is 0 Å². The van der Waals surface area contributed by atoms with E-state index < -0.39 is 62.6 Å². The third-order valence-electron chi connectivity index (χ3n) is 5.18. The molecule has 34 heavy (non-hydrogen) atoms. The van der Waals surface area contributed by atoms with E-state index in [0.29, 0.717) is 16.8 Å². The van der Waals surface area contributed by atoms with Crippen molar-refractivity contribution in [2.75, 3.05) is 0 Å². The number of benzene rings is 1. The van der Waals surface area contributed by atoms with Gasteiger partial charge in [-0.15, -0.1) is 13.2 Å². The first kappa shape index (κ1) is 25.8. The van der Waals surface area contributed by atoms with Crippen LogP contribution in [0.3, 0.4) is 0 Å². The number of rotatable bonds is 6. The number of ether oxygens (including phenoxy) is 1. The van der Waals surface area contributed by atoms with E-state index in [1.807, 2.05) is 0 Å². The number of sulfone groups is 1. The second-order valence-corrected chi connectivity index (χ2v) is 9.85. The Kier molecular flexibility index (Phi) is 7.15. The molecule has 1 aromatic carbocycles. The first-order valence-corrected chi connectivity index (χ1v) is 11.4. The highest BCUT2D eigenvalue weighted by Gasteiger charge is 2.36. The lowest BCUT2D eigenvalue weighted by atomic mass is 9.95. The van der Waals surface area contributed by atoms with Crippen molar-refractivity contribution < 1.29 is 48.7 Å². The van der Waals surface area contributed by atoms with Crippen molar-refractivity contribution in [3.8, 4) is 5.75 Å². The molecule has 1 fully saturated rings. The molecule has 7 nitrogen and oxygen atoms in total. The molecule has 0 unspecified atom stereocenters. The molecule has 0 spiro atoms. The molecule has 0 radical (unpaired) electrons. The summed E-state index contributed by atoms with van der Waals surface area (Å²) in [6.45, 7) is -1.45. The Bertz CT molecular complexity index is 1140. The fourth-order valence-electron chi connectivity index (χ4n) is 3.65. The Balaban J connectivity index is 1.64. The Morgan fingerprint density at radius 3 is 2.32 bits per heavy atom. The summed E-state index contributed by atoms with van der Waals surface area (Å²) >= 11 is 0. The Morgan fingerprint density at radius 2 is 1.74 bits per heavy atom. The standard InChI is InChI=1S/C19H18F7N3O4S/c20-14-6-5-13(9-16(14)33-19(24,25)26)34(31,32)12-3-1-11(2-4-12)28-17(30)15-7-8-27-29(15)10-18(21,22)23/h5-9,11-12H,1-4,10H2,(H,28,30). The summed E-state index contributed by atoms with van der Waals surface area (Å²) in [6, 6.07) is 2.44. The van der Waals surface area contributed by atoms with Gasteiger partial charge in [0.1, 0.15) is 12.2 Å². The number of nitrogens with zero attached hydrogens (tertiary/aromatic N) is 2. The van der Waals surface area contributed by atoms with E-state index >= 15 is 0 Å². The number of halogens is 7. The molecule has 1 amide bonds. The maximum absolute atomic E-state index is 13.6. The number of carbonyl (C=O) groups is 1. The lowest BCUT2D eigenvalue weighted by Crippen LogP contribution is -2.41. The van der Waals surface area contributed by atoms with Crippen LogP contribution in [0.2, 0.25) is 0 Å². The third-order valence-corrected chi connectivity index (χ3v) is 7.44. The second kappa shape index (κ2) is 9.43. The highest BCUT2D eigenvalue weighted by molar-refractivity contribution is 7.92. The molecule has 1 aliphatic rings. The maximum Gasteiger partial charge on any atom is 0.573 e. The van der Waals surface area contributed by atoms with Gasteiger partial charge in [-0.25, -0.2) is 12.8 Å². The summed E-state index contributed by atoms with van der Waals surface area (Å²) in [5, 5.41) is 5.01. The quantitative estimate of drug-likeness (QED) is 0.462. The van der Waals surface area contributed by atoms with Gasteiger partial charge in [-0.3, -0.25) is 9.48 Å². The van der Waals surface area contributed by atoms with Crippen LogP contribution < -0.4 is 10.1 Å². The minimum Gasteiger partial charge on any atom is -0.403 e. The molecule has 0 aliphatic heterocycles. The van der Waals surface area contributed by atoms with E-state index in [0.717, 1.165) is 18.3 Å². The van der Waals surface area contributed by atoms with Gasteiger partial charge < -0.3 is 10.1 Å². The summed E-state index contributed by atoms with van der Waals surface area (Å²) in [5.41, 5.74) is -0.310. The monoisotopic (exact) mass is 517 g/mol. The minimum atomic E-state index is -5.21. The molecule has 1 aromatic heterocycles. The molecule has 1 heterocycles. The van der Waals surface area contributed by atoms with E-state index in [2.05, 4.69) is 15.2 Å². The summed E-state index contributed by atoms with van der Waals surface area (Å²) in [5.74, 6) is -3.46. The summed E-state index contributed by atoms with van der Waals surface area (Å²) in [6.07, 6.45) is -8.42. The van der Waals surface area contributed by atoms with Crippen LogP contribution in [0.25, 0.3) is 0 Å². The number of hydrogen-bond donors (Lipinski definition) is 1. The fraction of sp³-hybridized carbons (Fsp3) is 0.474. The second-order valence-electron chi connectivity index (χ2n) is 7.62. The van der Waals surface area contributed by atoms with E-state index in [-0.39, 0.29) is 31.4 Å². The third kappa shape index (κ3) is 6.39. The van der Waals surface area contributed by atoms with Crippen LogP contribution >= 0.6 is 0 Å². The average Bonchev–Trinajstić information content (AvgIpc) is 3.15. The molecule has 15 heteroatoms. The Morgan fingerprint density at radius 1 is 1.09 bits per heavy atom. The molecular formula is C19H18F7N3O4S. The zero-order chi connectivity index (χ0) is 25.3. The van der Waals surface area contributed by atoms with Crippen LogP contribution in [0.5, 0.6) is 5.75 Å². The van der Waals surface area contributed by atoms with Crippen molar-refractivity contribution >= 4 is 15.7 Å². The van der Waals surface area contributed by atoms with Gasteiger partial charge >= 0.3 is 12.5 Å². The van der Waals surface area contributed by atoms with E-state index in [1.165, 1.54) is 0 Å². The molecule has 0 saturated heterocycles. The SMILES string of the molecule is O=C(NC1CCC(S(=O)(=O)c2ccc(F)c(OC(F)(F)F)c2)CC1)c1ccnn1CC(F)(F)F.